The Morgan fingerprint density at radius 1 is 1.53 bits per heavy atom. The molecule has 17 heavy (non-hydrogen) atoms. The van der Waals surface area contributed by atoms with Gasteiger partial charge in [0.1, 0.15) is 0 Å². The smallest absolute Gasteiger partial charge is 0.222 e. The summed E-state index contributed by atoms with van der Waals surface area (Å²) in [6.07, 6.45) is 8.31. The van der Waals surface area contributed by atoms with E-state index in [4.69, 9.17) is 5.73 Å². The summed E-state index contributed by atoms with van der Waals surface area (Å²) >= 11 is 0. The molecule has 3 N–H and O–H groups in total. The van der Waals surface area contributed by atoms with Crippen LogP contribution in [0.15, 0.2) is 18.7 Å². The van der Waals surface area contributed by atoms with Gasteiger partial charge in [0.2, 0.25) is 5.91 Å². The van der Waals surface area contributed by atoms with E-state index in [0.29, 0.717) is 6.54 Å². The lowest BCUT2D eigenvalue weighted by molar-refractivity contribution is -0.124. The van der Waals surface area contributed by atoms with Crippen LogP contribution in [0.4, 0.5) is 0 Å². The molecule has 1 aromatic heterocycles. The zero-order chi connectivity index (χ0) is 12.5. The summed E-state index contributed by atoms with van der Waals surface area (Å²) in [5, 5.41) is 2.93. The molecule has 5 nitrogen and oxygen atoms in total. The molecule has 1 unspecified atom stereocenters. The molecule has 0 aliphatic rings. The minimum Gasteiger partial charge on any atom is -0.356 e. The number of aromatic nitrogens is 2. The van der Waals surface area contributed by atoms with Gasteiger partial charge in [0.15, 0.2) is 0 Å². The number of hydrogen-bond donors (Lipinski definition) is 2. The lowest BCUT2D eigenvalue weighted by Crippen LogP contribution is -2.31. The van der Waals surface area contributed by atoms with Gasteiger partial charge >= 0.3 is 0 Å². The first-order chi connectivity index (χ1) is 8.24. The van der Waals surface area contributed by atoms with Crippen LogP contribution in [-0.2, 0) is 11.3 Å². The standard InChI is InChI=1S/C12H22N4O/c1-11(4-5-13)12(17)15-6-2-3-8-16-9-7-14-10-16/h7,9-11H,2-6,8,13H2,1H3,(H,15,17). The molecule has 0 aliphatic carbocycles. The van der Waals surface area contributed by atoms with Gasteiger partial charge in [0, 0.05) is 31.4 Å². The highest BCUT2D eigenvalue weighted by atomic mass is 16.1. The van der Waals surface area contributed by atoms with Crippen molar-refractivity contribution in [2.75, 3.05) is 13.1 Å². The zero-order valence-electron chi connectivity index (χ0n) is 10.4. The van der Waals surface area contributed by atoms with Crippen molar-refractivity contribution >= 4 is 5.91 Å². The Labute approximate surface area is 102 Å². The van der Waals surface area contributed by atoms with Crippen molar-refractivity contribution in [1.82, 2.24) is 14.9 Å². The van der Waals surface area contributed by atoms with Gasteiger partial charge < -0.3 is 15.6 Å². The largest absolute Gasteiger partial charge is 0.356 e. The van der Waals surface area contributed by atoms with E-state index >= 15 is 0 Å². The maximum absolute atomic E-state index is 11.5. The number of aryl methyl sites for hydroxylation is 1. The summed E-state index contributed by atoms with van der Waals surface area (Å²) in [6, 6.07) is 0. The molecule has 1 atom stereocenters. The summed E-state index contributed by atoms with van der Waals surface area (Å²) in [7, 11) is 0. The van der Waals surface area contributed by atoms with Crippen molar-refractivity contribution in [3.8, 4) is 0 Å². The van der Waals surface area contributed by atoms with Crippen LogP contribution in [-0.4, -0.2) is 28.5 Å². The van der Waals surface area contributed by atoms with Crippen molar-refractivity contribution < 1.29 is 4.79 Å². The summed E-state index contributed by atoms with van der Waals surface area (Å²) in [5.41, 5.74) is 5.41. The van der Waals surface area contributed by atoms with Gasteiger partial charge in [-0.1, -0.05) is 6.92 Å². The van der Waals surface area contributed by atoms with Crippen LogP contribution >= 0.6 is 0 Å². The molecule has 0 bridgehead atoms. The van der Waals surface area contributed by atoms with Crippen LogP contribution < -0.4 is 11.1 Å². The summed E-state index contributed by atoms with van der Waals surface area (Å²) in [5.74, 6) is 0.131. The zero-order valence-corrected chi connectivity index (χ0v) is 10.4. The number of imidazole rings is 1. The van der Waals surface area contributed by atoms with Crippen LogP contribution in [0.25, 0.3) is 0 Å². The fourth-order valence-electron chi connectivity index (χ4n) is 1.61. The van der Waals surface area contributed by atoms with E-state index in [1.807, 2.05) is 24.0 Å². The van der Waals surface area contributed by atoms with Crippen LogP contribution in [0.3, 0.4) is 0 Å². The first-order valence-corrected chi connectivity index (χ1v) is 6.17. The molecule has 0 aliphatic heterocycles. The van der Waals surface area contributed by atoms with Gasteiger partial charge in [-0.3, -0.25) is 4.79 Å². The van der Waals surface area contributed by atoms with E-state index in [2.05, 4.69) is 10.3 Å². The monoisotopic (exact) mass is 238 g/mol. The Morgan fingerprint density at radius 2 is 2.35 bits per heavy atom. The molecule has 96 valence electrons. The lowest BCUT2D eigenvalue weighted by Gasteiger charge is -2.10. The SMILES string of the molecule is CC(CCN)C(=O)NCCCCn1ccnc1. The molecule has 1 heterocycles. The maximum atomic E-state index is 11.5. The highest BCUT2D eigenvalue weighted by Crippen LogP contribution is 2.00. The molecule has 0 aromatic carbocycles. The molecule has 1 amide bonds. The number of carbonyl (C=O) groups is 1. The third kappa shape index (κ3) is 5.49. The van der Waals surface area contributed by atoms with E-state index in [-0.39, 0.29) is 11.8 Å². The van der Waals surface area contributed by atoms with Crippen LogP contribution in [0, 0.1) is 5.92 Å². The first kappa shape index (κ1) is 13.7. The van der Waals surface area contributed by atoms with Gasteiger partial charge in [-0.15, -0.1) is 0 Å². The van der Waals surface area contributed by atoms with E-state index in [0.717, 1.165) is 32.4 Å². The van der Waals surface area contributed by atoms with Crippen LogP contribution in [0.5, 0.6) is 0 Å². The minimum absolute atomic E-state index is 0.0219. The second-order valence-electron chi connectivity index (χ2n) is 4.28. The van der Waals surface area contributed by atoms with Crippen molar-refractivity contribution in [3.05, 3.63) is 18.7 Å². The summed E-state index contributed by atoms with van der Waals surface area (Å²) in [4.78, 5) is 15.5. The third-order valence-corrected chi connectivity index (χ3v) is 2.75. The van der Waals surface area contributed by atoms with E-state index < -0.39 is 0 Å². The molecule has 0 fully saturated rings. The van der Waals surface area contributed by atoms with E-state index in [1.54, 1.807) is 6.20 Å². The summed E-state index contributed by atoms with van der Waals surface area (Å²) < 4.78 is 2.04. The van der Waals surface area contributed by atoms with Gasteiger partial charge in [-0.2, -0.15) is 0 Å². The molecular weight excluding hydrogens is 216 g/mol. The molecule has 5 heteroatoms. The molecule has 0 saturated carbocycles. The number of unbranched alkanes of at least 4 members (excludes halogenated alkanes) is 1. The predicted octanol–water partition coefficient (Wildman–Crippen LogP) is 0.764. The lowest BCUT2D eigenvalue weighted by atomic mass is 10.1. The molecule has 0 spiro atoms. The Bertz CT molecular complexity index is 310. The van der Waals surface area contributed by atoms with Gasteiger partial charge in [0.05, 0.1) is 6.33 Å². The van der Waals surface area contributed by atoms with E-state index in [9.17, 15) is 4.79 Å². The predicted molar refractivity (Wildman–Crippen MR) is 67.3 cm³/mol. The summed E-state index contributed by atoms with van der Waals surface area (Å²) in [6.45, 7) is 4.17. The highest BCUT2D eigenvalue weighted by molar-refractivity contribution is 5.78. The normalized spacial score (nSPS) is 12.4. The topological polar surface area (TPSA) is 72.9 Å². The van der Waals surface area contributed by atoms with Crippen molar-refractivity contribution in [2.45, 2.75) is 32.7 Å². The quantitative estimate of drug-likeness (QED) is 0.657. The van der Waals surface area contributed by atoms with E-state index in [1.165, 1.54) is 0 Å². The molecule has 0 saturated heterocycles. The van der Waals surface area contributed by atoms with Gasteiger partial charge in [-0.05, 0) is 25.8 Å². The molecular formula is C12H22N4O. The Morgan fingerprint density at radius 3 is 3.00 bits per heavy atom. The second kappa shape index (κ2) is 7.84. The fourth-order valence-corrected chi connectivity index (χ4v) is 1.61. The average molecular weight is 238 g/mol. The number of amides is 1. The highest BCUT2D eigenvalue weighted by Gasteiger charge is 2.10. The Hall–Kier alpha value is -1.36. The molecule has 1 rings (SSSR count). The third-order valence-electron chi connectivity index (χ3n) is 2.75. The van der Waals surface area contributed by atoms with Crippen molar-refractivity contribution in [3.63, 3.8) is 0 Å². The van der Waals surface area contributed by atoms with Crippen LogP contribution in [0.1, 0.15) is 26.2 Å². The Balaban J connectivity index is 2.02. The molecule has 0 radical (unpaired) electrons. The fraction of sp³-hybridized carbons (Fsp3) is 0.667. The number of rotatable bonds is 8. The van der Waals surface area contributed by atoms with Crippen LogP contribution in [0.2, 0.25) is 0 Å². The Kier molecular flexibility index (Phi) is 6.32. The number of nitrogens with zero attached hydrogens (tertiary/aromatic N) is 2. The van der Waals surface area contributed by atoms with Gasteiger partial charge in [-0.25, -0.2) is 4.98 Å². The number of nitrogens with one attached hydrogen (secondary N) is 1. The first-order valence-electron chi connectivity index (χ1n) is 6.17. The van der Waals surface area contributed by atoms with Gasteiger partial charge in [0.25, 0.3) is 0 Å². The van der Waals surface area contributed by atoms with Crippen molar-refractivity contribution in [2.24, 2.45) is 11.7 Å². The number of carbonyl (C=O) groups excluding carboxylic acids is 1. The second-order valence-corrected chi connectivity index (χ2v) is 4.28. The number of hydrogen-bond acceptors (Lipinski definition) is 3. The molecule has 1 aromatic rings. The number of nitrogens with two attached hydrogens (primary N) is 1. The maximum Gasteiger partial charge on any atom is 0.222 e. The average Bonchev–Trinajstić information content (AvgIpc) is 2.81. The van der Waals surface area contributed by atoms with Crippen molar-refractivity contribution in [1.29, 1.82) is 0 Å². The minimum atomic E-state index is 0.0219.